The predicted molar refractivity (Wildman–Crippen MR) is 86.3 cm³/mol. The fraction of sp³-hybridized carbons (Fsp3) is 0.500. The zero-order valence-electron chi connectivity index (χ0n) is 13.9. The molecule has 0 heterocycles. The van der Waals surface area contributed by atoms with Crippen molar-refractivity contribution in [2.45, 2.75) is 37.8 Å². The maximum atomic E-state index is 13.5. The first-order chi connectivity index (χ1) is 12.6. The van der Waals surface area contributed by atoms with E-state index in [9.17, 15) is 27.2 Å². The van der Waals surface area contributed by atoms with Gasteiger partial charge in [0.25, 0.3) is 0 Å². The topological polar surface area (TPSA) is 90.6 Å². The summed E-state index contributed by atoms with van der Waals surface area (Å²) in [7, 11) is 0. The Morgan fingerprint density at radius 2 is 2.04 bits per heavy atom. The minimum Gasteiger partial charge on any atom is -0.446 e. The van der Waals surface area contributed by atoms with E-state index in [1.165, 1.54) is 0 Å². The third kappa shape index (κ3) is 6.24. The van der Waals surface area contributed by atoms with Crippen molar-refractivity contribution in [3.05, 3.63) is 29.0 Å². The number of ether oxygens (including phenoxy) is 2. The van der Waals surface area contributed by atoms with Crippen LogP contribution >= 0.6 is 11.6 Å². The average Bonchev–Trinajstić information content (AvgIpc) is 2.99. The second kappa shape index (κ2) is 8.75. The lowest BCUT2D eigenvalue weighted by atomic mass is 10.1. The summed E-state index contributed by atoms with van der Waals surface area (Å²) in [6, 6.07) is 2.94. The molecule has 1 amide bonds. The summed E-state index contributed by atoms with van der Waals surface area (Å²) in [6.07, 6.45) is -5.41. The second-order valence-corrected chi connectivity index (χ2v) is 6.52. The van der Waals surface area contributed by atoms with Crippen molar-refractivity contribution in [1.29, 1.82) is 0 Å². The monoisotopic (exact) mass is 412 g/mol. The summed E-state index contributed by atoms with van der Waals surface area (Å²) in [5.41, 5.74) is 5.76. The van der Waals surface area contributed by atoms with Crippen molar-refractivity contribution >= 4 is 23.5 Å². The molecule has 1 aromatic rings. The molecule has 150 valence electrons. The van der Waals surface area contributed by atoms with Crippen LogP contribution in [0.1, 0.15) is 19.3 Å². The van der Waals surface area contributed by atoms with Gasteiger partial charge in [-0.2, -0.15) is 13.2 Å². The highest BCUT2D eigenvalue weighted by Gasteiger charge is 2.44. The summed E-state index contributed by atoms with van der Waals surface area (Å²) >= 11 is 5.50. The van der Waals surface area contributed by atoms with Crippen molar-refractivity contribution in [2.24, 2.45) is 11.7 Å². The number of carbonyl (C=O) groups excluding carboxylic acids is 2. The van der Waals surface area contributed by atoms with Crippen LogP contribution < -0.4 is 15.8 Å². The van der Waals surface area contributed by atoms with Crippen molar-refractivity contribution in [2.75, 3.05) is 6.54 Å². The van der Waals surface area contributed by atoms with Gasteiger partial charge in [0.2, 0.25) is 0 Å². The number of nitrogens with one attached hydrogen (secondary N) is 1. The molecule has 0 spiro atoms. The molecule has 0 aliphatic heterocycles. The fourth-order valence-corrected chi connectivity index (χ4v) is 2.71. The summed E-state index contributed by atoms with van der Waals surface area (Å²) in [5, 5.41) is 2.11. The number of alkyl halides is 3. The summed E-state index contributed by atoms with van der Waals surface area (Å²) in [5.74, 6) is -4.93. The van der Waals surface area contributed by atoms with Crippen molar-refractivity contribution in [3.8, 4) is 5.75 Å². The van der Waals surface area contributed by atoms with Crippen LogP contribution in [-0.2, 0) is 14.3 Å². The largest absolute Gasteiger partial charge is 0.491 e. The molecule has 2 rings (SSSR count). The Labute approximate surface area is 156 Å². The number of nitrogens with two attached hydrogens (primary N) is 1. The van der Waals surface area contributed by atoms with Gasteiger partial charge in [-0.15, -0.1) is 0 Å². The van der Waals surface area contributed by atoms with E-state index in [1.54, 1.807) is 0 Å². The SMILES string of the molecule is NC1CCC(CNC(=O)C(OC(=O)C(F)(F)F)Oc2ccc(Cl)c(F)c2)C1. The highest BCUT2D eigenvalue weighted by Crippen LogP contribution is 2.25. The molecule has 6 nitrogen and oxygen atoms in total. The van der Waals surface area contributed by atoms with E-state index >= 15 is 0 Å². The van der Waals surface area contributed by atoms with Gasteiger partial charge in [-0.05, 0) is 37.3 Å². The molecule has 0 bridgehead atoms. The molecule has 0 aromatic heterocycles. The number of amides is 1. The number of halogens is 5. The number of hydrogen-bond donors (Lipinski definition) is 2. The van der Waals surface area contributed by atoms with Gasteiger partial charge in [-0.1, -0.05) is 11.6 Å². The fourth-order valence-electron chi connectivity index (χ4n) is 2.60. The third-order valence-corrected chi connectivity index (χ3v) is 4.25. The van der Waals surface area contributed by atoms with Gasteiger partial charge in [0.15, 0.2) is 0 Å². The van der Waals surface area contributed by atoms with E-state index in [0.717, 1.165) is 31.0 Å². The Hall–Kier alpha value is -2.07. The molecule has 11 heteroatoms. The van der Waals surface area contributed by atoms with Gasteiger partial charge in [-0.3, -0.25) is 4.79 Å². The van der Waals surface area contributed by atoms with Crippen LogP contribution in [-0.4, -0.2) is 36.9 Å². The van der Waals surface area contributed by atoms with Crippen LogP contribution in [0.3, 0.4) is 0 Å². The molecule has 0 saturated heterocycles. The lowest BCUT2D eigenvalue weighted by molar-refractivity contribution is -0.216. The number of esters is 1. The van der Waals surface area contributed by atoms with Crippen molar-refractivity contribution in [1.82, 2.24) is 5.32 Å². The Kier molecular flexibility index (Phi) is 6.88. The number of hydrogen-bond acceptors (Lipinski definition) is 5. The van der Waals surface area contributed by atoms with E-state index < -0.39 is 30.2 Å². The Balaban J connectivity index is 2.06. The molecule has 1 aliphatic carbocycles. The minimum absolute atomic E-state index is 0.000881. The van der Waals surface area contributed by atoms with Gasteiger partial charge in [0.1, 0.15) is 11.6 Å². The zero-order valence-corrected chi connectivity index (χ0v) is 14.6. The third-order valence-electron chi connectivity index (χ3n) is 3.94. The lowest BCUT2D eigenvalue weighted by Gasteiger charge is -2.20. The standard InChI is InChI=1S/C16H17ClF4N2O4/c17-11-4-3-10(6-12(11)18)26-14(27-15(25)16(19,20)21)13(24)23-7-8-1-2-9(22)5-8/h3-4,6,8-9,14H,1-2,5,7,22H2,(H,23,24). The van der Waals surface area contributed by atoms with Gasteiger partial charge >= 0.3 is 24.3 Å². The molecule has 1 saturated carbocycles. The van der Waals surface area contributed by atoms with Crippen LogP contribution in [0.2, 0.25) is 5.02 Å². The number of benzene rings is 1. The molecule has 1 fully saturated rings. The smallest absolute Gasteiger partial charge is 0.446 e. The highest BCUT2D eigenvalue weighted by atomic mass is 35.5. The maximum absolute atomic E-state index is 13.5. The average molecular weight is 413 g/mol. The highest BCUT2D eigenvalue weighted by molar-refractivity contribution is 6.30. The summed E-state index contributed by atoms with van der Waals surface area (Å²) < 4.78 is 59.9. The molecule has 3 N–H and O–H groups in total. The molecule has 0 radical (unpaired) electrons. The van der Waals surface area contributed by atoms with Crippen LogP contribution in [0.25, 0.3) is 0 Å². The van der Waals surface area contributed by atoms with Gasteiger partial charge in [0, 0.05) is 18.7 Å². The van der Waals surface area contributed by atoms with E-state index in [-0.39, 0.29) is 29.3 Å². The first kappa shape index (κ1) is 21.2. The number of rotatable bonds is 6. The van der Waals surface area contributed by atoms with Gasteiger partial charge < -0.3 is 20.5 Å². The zero-order chi connectivity index (χ0) is 20.2. The summed E-state index contributed by atoms with van der Waals surface area (Å²) in [4.78, 5) is 23.2. The Morgan fingerprint density at radius 3 is 2.59 bits per heavy atom. The predicted octanol–water partition coefficient (Wildman–Crippen LogP) is 2.53. The minimum atomic E-state index is -5.33. The normalized spacial score (nSPS) is 20.8. The quantitative estimate of drug-likeness (QED) is 0.426. The summed E-state index contributed by atoms with van der Waals surface area (Å²) in [6.45, 7) is 0.130. The molecule has 27 heavy (non-hydrogen) atoms. The molecular formula is C16H17ClF4N2O4. The van der Waals surface area contributed by atoms with Crippen molar-refractivity contribution in [3.63, 3.8) is 0 Å². The Bertz CT molecular complexity index is 701. The van der Waals surface area contributed by atoms with Crippen LogP contribution in [0, 0.1) is 11.7 Å². The van der Waals surface area contributed by atoms with E-state index in [4.69, 9.17) is 22.1 Å². The second-order valence-electron chi connectivity index (χ2n) is 6.11. The molecule has 1 aliphatic rings. The van der Waals surface area contributed by atoms with E-state index in [0.29, 0.717) is 6.42 Å². The van der Waals surface area contributed by atoms with Crippen molar-refractivity contribution < 1.29 is 36.6 Å². The Morgan fingerprint density at radius 1 is 1.33 bits per heavy atom. The van der Waals surface area contributed by atoms with Crippen LogP contribution in [0.4, 0.5) is 17.6 Å². The number of carbonyl (C=O) groups is 2. The van der Waals surface area contributed by atoms with E-state index in [1.807, 2.05) is 0 Å². The first-order valence-electron chi connectivity index (χ1n) is 7.99. The first-order valence-corrected chi connectivity index (χ1v) is 8.37. The molecular weight excluding hydrogens is 396 g/mol. The van der Waals surface area contributed by atoms with Gasteiger partial charge in [0.05, 0.1) is 5.02 Å². The van der Waals surface area contributed by atoms with Crippen LogP contribution in [0.15, 0.2) is 18.2 Å². The molecule has 1 aromatic carbocycles. The lowest BCUT2D eigenvalue weighted by Crippen LogP contribution is -2.45. The van der Waals surface area contributed by atoms with Gasteiger partial charge in [-0.25, -0.2) is 9.18 Å². The molecule has 3 unspecified atom stereocenters. The molecule has 3 atom stereocenters. The van der Waals surface area contributed by atoms with E-state index in [2.05, 4.69) is 10.1 Å². The van der Waals surface area contributed by atoms with Crippen LogP contribution in [0.5, 0.6) is 5.75 Å². The maximum Gasteiger partial charge on any atom is 0.491 e.